The molecule has 0 amide bonds. The van der Waals surface area contributed by atoms with Crippen LogP contribution in [0.15, 0.2) is 18.2 Å². The molecule has 0 aliphatic carbocycles. The van der Waals surface area contributed by atoms with Crippen molar-refractivity contribution >= 4 is 64.8 Å². The number of hydrogen-bond donors (Lipinski definition) is 2. The summed E-state index contributed by atoms with van der Waals surface area (Å²) in [4.78, 5) is 0. The first kappa shape index (κ1) is 15.4. The van der Waals surface area contributed by atoms with E-state index in [0.717, 1.165) is 5.56 Å². The summed E-state index contributed by atoms with van der Waals surface area (Å²) in [6, 6.07) is 5.42. The van der Waals surface area contributed by atoms with E-state index in [4.69, 9.17) is 9.29 Å². The van der Waals surface area contributed by atoms with Crippen molar-refractivity contribution in [1.82, 2.24) is 0 Å². The van der Waals surface area contributed by atoms with Gasteiger partial charge in [0.2, 0.25) is 0 Å². The zero-order valence-electron chi connectivity index (χ0n) is 10.1. The molecular weight excluding hydrogens is 269 g/mol. The Morgan fingerprint density at radius 1 is 1.53 bits per heavy atom. The van der Waals surface area contributed by atoms with E-state index >= 15 is 0 Å². The normalized spacial score (nSPS) is 13.2. The van der Waals surface area contributed by atoms with Crippen LogP contribution in [0.1, 0.15) is 5.56 Å². The number of aryl methyl sites for hydroxylation is 1. The Morgan fingerprint density at radius 3 is 2.65 bits per heavy atom. The van der Waals surface area contributed by atoms with Gasteiger partial charge in [-0.15, -0.1) is 0 Å². The van der Waals surface area contributed by atoms with Gasteiger partial charge in [0.25, 0.3) is 0 Å². The summed E-state index contributed by atoms with van der Waals surface area (Å²) >= 11 is 0.317. The second kappa shape index (κ2) is 6.51. The number of rotatable bonds is 5. The van der Waals surface area contributed by atoms with Gasteiger partial charge in [0.15, 0.2) is 0 Å². The monoisotopic (exact) mass is 283 g/mol. The molecule has 5 nitrogen and oxygen atoms in total. The number of benzene rings is 1. The number of ether oxygens (including phenoxy) is 1. The van der Waals surface area contributed by atoms with Crippen LogP contribution in [0.2, 0.25) is 0.515 Å². The predicted molar refractivity (Wildman–Crippen MR) is 67.3 cm³/mol. The van der Waals surface area contributed by atoms with Crippen LogP contribution in [-0.4, -0.2) is 74.4 Å². The van der Waals surface area contributed by atoms with E-state index in [1.807, 2.05) is 13.0 Å². The van der Waals surface area contributed by atoms with Crippen LogP contribution in [0, 0.1) is 6.92 Å². The minimum absolute atomic E-state index is 0.317. The first-order valence-electron chi connectivity index (χ1n) is 5.26. The molecule has 2 N–H and O–H groups in total. The second-order valence-electron chi connectivity index (χ2n) is 3.76. The number of hydrogen-bond acceptors (Lipinski definition) is 4. The maximum atomic E-state index is 11.1. The Morgan fingerprint density at radius 2 is 2.18 bits per heavy atom. The van der Waals surface area contributed by atoms with Crippen LogP contribution >= 0.6 is 0 Å². The van der Waals surface area contributed by atoms with Crippen LogP contribution in [0.4, 0.5) is 5.69 Å². The molecule has 17 heavy (non-hydrogen) atoms. The molecule has 0 spiro atoms. The molecule has 1 aromatic rings. The van der Waals surface area contributed by atoms with E-state index in [-0.39, 0.29) is 0 Å². The average Bonchev–Trinajstić information content (AvgIpc) is 2.24. The minimum atomic E-state index is -4.07. The van der Waals surface area contributed by atoms with Gasteiger partial charge in [-0.3, -0.25) is 0 Å². The van der Waals surface area contributed by atoms with Crippen LogP contribution in [0.3, 0.4) is 0 Å². The SMILES string of the molecule is COc1ccc(C)cc1NC([CH2][K])S(=O)(=O)O. The molecule has 1 unspecified atom stereocenters. The van der Waals surface area contributed by atoms with Gasteiger partial charge in [-0.1, -0.05) is 0 Å². The Kier molecular flexibility index (Phi) is 5.91. The van der Waals surface area contributed by atoms with E-state index in [1.165, 1.54) is 7.11 Å². The van der Waals surface area contributed by atoms with Crippen molar-refractivity contribution in [3.63, 3.8) is 0 Å². The van der Waals surface area contributed by atoms with Crippen LogP contribution in [0.25, 0.3) is 0 Å². The number of methoxy groups -OCH3 is 1. The van der Waals surface area contributed by atoms with Gasteiger partial charge < -0.3 is 0 Å². The quantitative estimate of drug-likeness (QED) is 0.627. The second-order valence-corrected chi connectivity index (χ2v) is 6.63. The third-order valence-electron chi connectivity index (χ3n) is 2.40. The molecule has 0 aliphatic rings. The fourth-order valence-electron chi connectivity index (χ4n) is 1.50. The molecule has 90 valence electrons. The molecule has 7 heteroatoms. The third-order valence-corrected chi connectivity index (χ3v) is 5.77. The molecule has 0 bridgehead atoms. The van der Waals surface area contributed by atoms with E-state index in [1.54, 1.807) is 12.1 Å². The molecule has 0 heterocycles. The Labute approximate surface area is 135 Å². The van der Waals surface area contributed by atoms with Crippen molar-refractivity contribution in [3.8, 4) is 5.75 Å². The van der Waals surface area contributed by atoms with Crippen molar-refractivity contribution in [1.29, 1.82) is 0 Å². The summed E-state index contributed by atoms with van der Waals surface area (Å²) in [5, 5.41) is 1.87. The topological polar surface area (TPSA) is 75.6 Å². The first-order valence-corrected chi connectivity index (χ1v) is 8.97. The van der Waals surface area contributed by atoms with Crippen molar-refractivity contribution in [2.75, 3.05) is 12.4 Å². The summed E-state index contributed by atoms with van der Waals surface area (Å²) in [7, 11) is -2.55. The van der Waals surface area contributed by atoms with E-state index < -0.39 is 15.5 Å². The van der Waals surface area contributed by atoms with E-state index in [2.05, 4.69) is 5.32 Å². The summed E-state index contributed by atoms with van der Waals surface area (Å²) in [6.45, 7) is 1.90. The summed E-state index contributed by atoms with van der Waals surface area (Å²) < 4.78 is 36.9. The van der Waals surface area contributed by atoms with Gasteiger partial charge in [0.1, 0.15) is 0 Å². The van der Waals surface area contributed by atoms with Gasteiger partial charge in [0, 0.05) is 0 Å². The number of nitrogens with one attached hydrogen (secondary N) is 1. The zero-order valence-corrected chi connectivity index (χ0v) is 14.0. The predicted octanol–water partition coefficient (Wildman–Crippen LogP) is 1.22. The zero-order chi connectivity index (χ0) is 13.1. The van der Waals surface area contributed by atoms with Crippen LogP contribution in [-0.2, 0) is 10.1 Å². The first-order chi connectivity index (χ1) is 7.88. The molecule has 1 aromatic carbocycles. The number of anilines is 1. The van der Waals surface area contributed by atoms with Crippen molar-refractivity contribution in [2.45, 2.75) is 12.8 Å². The molecular formula is C10H14KNO4S. The Hall–Kier alpha value is 0.366. The van der Waals surface area contributed by atoms with Gasteiger partial charge in [-0.2, -0.15) is 0 Å². The fraction of sp³-hybridized carbons (Fsp3) is 0.400. The molecule has 0 saturated carbocycles. The Bertz CT molecular complexity index is 489. The third kappa shape index (κ3) is 4.51. The van der Waals surface area contributed by atoms with E-state index in [9.17, 15) is 8.42 Å². The molecule has 1 atom stereocenters. The fourth-order valence-corrected chi connectivity index (χ4v) is 4.48. The molecule has 0 aromatic heterocycles. The summed E-state index contributed by atoms with van der Waals surface area (Å²) in [6.07, 6.45) is 0. The van der Waals surface area contributed by atoms with Crippen molar-refractivity contribution in [3.05, 3.63) is 23.8 Å². The van der Waals surface area contributed by atoms with Crippen molar-refractivity contribution in [2.24, 2.45) is 0 Å². The summed E-state index contributed by atoms with van der Waals surface area (Å²) in [5.74, 6) is 0.560. The van der Waals surface area contributed by atoms with Gasteiger partial charge in [0.05, 0.1) is 0 Å². The average molecular weight is 283 g/mol. The molecule has 0 aliphatic heterocycles. The van der Waals surface area contributed by atoms with Gasteiger partial charge in [-0.25, -0.2) is 0 Å². The molecule has 0 fully saturated rings. The molecule has 0 radical (unpaired) electrons. The van der Waals surface area contributed by atoms with Crippen LogP contribution < -0.4 is 10.1 Å². The van der Waals surface area contributed by atoms with Gasteiger partial charge in [-0.05, 0) is 0 Å². The summed E-state index contributed by atoms with van der Waals surface area (Å²) in [5.41, 5.74) is 1.57. The standard InChI is InChI=1S/C10H14NO4S.K/c1-7-4-5-10(15-3)9(6-7)11-8(2)16(12,13)14;/h4-6,8,11H,2H2,1,3H3,(H,12,13,14);. The van der Waals surface area contributed by atoms with E-state index in [0.29, 0.717) is 60.9 Å². The van der Waals surface area contributed by atoms with Crippen LogP contribution in [0.5, 0.6) is 5.75 Å². The van der Waals surface area contributed by atoms with Gasteiger partial charge >= 0.3 is 137 Å². The molecule has 1 rings (SSSR count). The Balaban J connectivity index is 3.04. The van der Waals surface area contributed by atoms with Crippen molar-refractivity contribution < 1.29 is 17.7 Å². The maximum absolute atomic E-state index is 11.1. The molecule has 0 saturated heterocycles.